The Labute approximate surface area is 121 Å². The van der Waals surface area contributed by atoms with Gasteiger partial charge in [0.05, 0.1) is 6.42 Å². The number of carboxylic acid groups (broad SMARTS) is 1. The summed E-state index contributed by atoms with van der Waals surface area (Å²) < 4.78 is 0. The Bertz CT molecular complexity index is 421. The van der Waals surface area contributed by atoms with E-state index in [2.05, 4.69) is 36.5 Å². The zero-order valence-electron chi connectivity index (χ0n) is 12.3. The van der Waals surface area contributed by atoms with E-state index in [1.54, 1.807) is 0 Å². The Kier molecular flexibility index (Phi) is 5.60. The molecule has 2 N–H and O–H groups in total. The molecule has 0 heterocycles. The van der Waals surface area contributed by atoms with Gasteiger partial charge in [0.15, 0.2) is 0 Å². The van der Waals surface area contributed by atoms with Gasteiger partial charge in [-0.3, -0.25) is 4.79 Å². The third-order valence-electron chi connectivity index (χ3n) is 4.16. The Hall–Kier alpha value is -1.35. The predicted octanol–water partition coefficient (Wildman–Crippen LogP) is 3.17. The monoisotopic (exact) mass is 275 g/mol. The second-order valence-electron chi connectivity index (χ2n) is 5.82. The van der Waals surface area contributed by atoms with Gasteiger partial charge < -0.3 is 10.4 Å². The largest absolute Gasteiger partial charge is 0.481 e. The van der Waals surface area contributed by atoms with Crippen molar-refractivity contribution >= 4 is 5.97 Å². The van der Waals surface area contributed by atoms with E-state index in [1.807, 2.05) is 0 Å². The maximum absolute atomic E-state index is 11.0. The molecule has 1 aromatic rings. The number of carbonyl (C=O) groups is 1. The highest BCUT2D eigenvalue weighted by atomic mass is 16.4. The molecule has 0 aliphatic heterocycles. The minimum atomic E-state index is -0.717. The summed E-state index contributed by atoms with van der Waals surface area (Å²) in [6.07, 6.45) is 6.94. The highest BCUT2D eigenvalue weighted by Crippen LogP contribution is 2.19. The lowest BCUT2D eigenvalue weighted by Gasteiger charge is -2.22. The van der Waals surface area contributed by atoms with Gasteiger partial charge in [0.25, 0.3) is 0 Å². The van der Waals surface area contributed by atoms with Crippen molar-refractivity contribution in [1.82, 2.24) is 5.32 Å². The number of hydrogen-bond donors (Lipinski definition) is 2. The first-order chi connectivity index (χ1) is 9.67. The van der Waals surface area contributed by atoms with Crippen LogP contribution in [0, 0.1) is 0 Å². The van der Waals surface area contributed by atoms with Crippen LogP contribution in [0.1, 0.15) is 50.2 Å². The molecule has 1 fully saturated rings. The van der Waals surface area contributed by atoms with E-state index < -0.39 is 5.97 Å². The van der Waals surface area contributed by atoms with Crippen LogP contribution in [0.2, 0.25) is 0 Å². The molecule has 1 unspecified atom stereocenters. The van der Waals surface area contributed by atoms with E-state index in [-0.39, 0.29) is 12.5 Å². The Morgan fingerprint density at radius 2 is 1.85 bits per heavy atom. The molecular weight excluding hydrogens is 250 g/mol. The molecule has 110 valence electrons. The van der Waals surface area contributed by atoms with E-state index in [0.717, 1.165) is 12.8 Å². The Morgan fingerprint density at radius 3 is 2.40 bits per heavy atom. The first-order valence-corrected chi connectivity index (χ1v) is 7.73. The van der Waals surface area contributed by atoms with Crippen molar-refractivity contribution in [2.45, 2.75) is 64.0 Å². The number of benzene rings is 1. The number of rotatable bonds is 7. The van der Waals surface area contributed by atoms with Gasteiger partial charge in [-0.2, -0.15) is 0 Å². The summed E-state index contributed by atoms with van der Waals surface area (Å²) in [7, 11) is 0. The molecule has 0 bridgehead atoms. The summed E-state index contributed by atoms with van der Waals surface area (Å²) in [6, 6.07) is 9.09. The summed E-state index contributed by atoms with van der Waals surface area (Å²) in [5.74, 6) is -0.717. The molecule has 1 saturated carbocycles. The second kappa shape index (κ2) is 7.44. The summed E-state index contributed by atoms with van der Waals surface area (Å²) in [5, 5.41) is 12.6. The highest BCUT2D eigenvalue weighted by molar-refractivity contribution is 5.67. The topological polar surface area (TPSA) is 49.3 Å². The average Bonchev–Trinajstić information content (AvgIpc) is 2.91. The van der Waals surface area contributed by atoms with Crippen LogP contribution in [-0.4, -0.2) is 23.2 Å². The molecule has 1 aliphatic carbocycles. The molecule has 20 heavy (non-hydrogen) atoms. The van der Waals surface area contributed by atoms with Gasteiger partial charge in [-0.1, -0.05) is 44.0 Å². The van der Waals surface area contributed by atoms with E-state index in [4.69, 9.17) is 5.11 Å². The fourth-order valence-electron chi connectivity index (χ4n) is 3.02. The van der Waals surface area contributed by atoms with Gasteiger partial charge in [0, 0.05) is 12.1 Å². The van der Waals surface area contributed by atoms with Crippen LogP contribution in [0.5, 0.6) is 0 Å². The van der Waals surface area contributed by atoms with Gasteiger partial charge in [0.2, 0.25) is 0 Å². The first kappa shape index (κ1) is 15.0. The van der Waals surface area contributed by atoms with Crippen molar-refractivity contribution in [3.05, 3.63) is 35.4 Å². The number of aryl methyl sites for hydroxylation is 1. The van der Waals surface area contributed by atoms with Gasteiger partial charge in [-0.25, -0.2) is 0 Å². The van der Waals surface area contributed by atoms with Crippen LogP contribution in [0.3, 0.4) is 0 Å². The molecule has 3 heteroatoms. The quantitative estimate of drug-likeness (QED) is 0.803. The maximum Gasteiger partial charge on any atom is 0.304 e. The van der Waals surface area contributed by atoms with Gasteiger partial charge in [0.1, 0.15) is 0 Å². The lowest BCUT2D eigenvalue weighted by atomic mass is 10.0. The van der Waals surface area contributed by atoms with Crippen molar-refractivity contribution in [1.29, 1.82) is 0 Å². The number of carboxylic acids is 1. The van der Waals surface area contributed by atoms with Crippen molar-refractivity contribution < 1.29 is 9.90 Å². The van der Waals surface area contributed by atoms with Gasteiger partial charge in [-0.05, 0) is 36.8 Å². The highest BCUT2D eigenvalue weighted by Gasteiger charge is 2.21. The Morgan fingerprint density at radius 1 is 1.25 bits per heavy atom. The van der Waals surface area contributed by atoms with Crippen LogP contribution < -0.4 is 5.32 Å². The zero-order valence-corrected chi connectivity index (χ0v) is 12.3. The molecule has 1 atom stereocenters. The Balaban J connectivity index is 1.95. The van der Waals surface area contributed by atoms with Crippen LogP contribution in [0.15, 0.2) is 24.3 Å². The van der Waals surface area contributed by atoms with Crippen LogP contribution in [0.4, 0.5) is 0 Å². The fourth-order valence-corrected chi connectivity index (χ4v) is 3.02. The average molecular weight is 275 g/mol. The first-order valence-electron chi connectivity index (χ1n) is 7.73. The van der Waals surface area contributed by atoms with Gasteiger partial charge in [-0.15, -0.1) is 0 Å². The second-order valence-corrected chi connectivity index (χ2v) is 5.82. The van der Waals surface area contributed by atoms with E-state index >= 15 is 0 Å². The minimum Gasteiger partial charge on any atom is -0.481 e. The molecule has 1 aromatic carbocycles. The summed E-state index contributed by atoms with van der Waals surface area (Å²) in [6.45, 7) is 2.14. The molecule has 0 saturated heterocycles. The van der Waals surface area contributed by atoms with E-state index in [9.17, 15) is 4.79 Å². The molecule has 0 aromatic heterocycles. The third kappa shape index (κ3) is 4.64. The fraction of sp³-hybridized carbons (Fsp3) is 0.588. The lowest BCUT2D eigenvalue weighted by Crippen LogP contribution is -2.39. The van der Waals surface area contributed by atoms with Crippen LogP contribution in [0.25, 0.3) is 0 Å². The predicted molar refractivity (Wildman–Crippen MR) is 81.0 cm³/mol. The molecule has 0 spiro atoms. The van der Waals surface area contributed by atoms with Crippen molar-refractivity contribution in [2.24, 2.45) is 0 Å². The molecular formula is C17H25NO2. The number of nitrogens with one attached hydrogen (secondary N) is 1. The van der Waals surface area contributed by atoms with E-state index in [0.29, 0.717) is 6.04 Å². The maximum atomic E-state index is 11.0. The number of aliphatic carboxylic acids is 1. The van der Waals surface area contributed by atoms with Crippen molar-refractivity contribution in [3.63, 3.8) is 0 Å². The van der Waals surface area contributed by atoms with Crippen LogP contribution >= 0.6 is 0 Å². The lowest BCUT2D eigenvalue weighted by molar-refractivity contribution is -0.137. The SMILES string of the molecule is CCc1ccc(CC(CC(=O)O)NC2CCCC2)cc1. The van der Waals surface area contributed by atoms with Crippen molar-refractivity contribution in [2.75, 3.05) is 0 Å². The smallest absolute Gasteiger partial charge is 0.304 e. The molecule has 0 amide bonds. The molecule has 1 aliphatic rings. The summed E-state index contributed by atoms with van der Waals surface area (Å²) in [4.78, 5) is 11.0. The molecule has 3 nitrogen and oxygen atoms in total. The third-order valence-corrected chi connectivity index (χ3v) is 4.16. The summed E-state index contributed by atoms with van der Waals surface area (Å²) in [5.41, 5.74) is 2.55. The van der Waals surface area contributed by atoms with Crippen LogP contribution in [-0.2, 0) is 17.6 Å². The number of hydrogen-bond acceptors (Lipinski definition) is 2. The van der Waals surface area contributed by atoms with Gasteiger partial charge >= 0.3 is 5.97 Å². The molecule has 2 rings (SSSR count). The standard InChI is InChI=1S/C17H25NO2/c1-2-13-7-9-14(10-8-13)11-16(12-17(19)20)18-15-5-3-4-6-15/h7-10,15-16,18H,2-6,11-12H2,1H3,(H,19,20). The summed E-state index contributed by atoms with van der Waals surface area (Å²) >= 11 is 0. The zero-order chi connectivity index (χ0) is 14.4. The minimum absolute atomic E-state index is 0.0445. The van der Waals surface area contributed by atoms with E-state index in [1.165, 1.54) is 36.8 Å². The normalized spacial score (nSPS) is 17.2. The molecule has 0 radical (unpaired) electrons. The van der Waals surface area contributed by atoms with Crippen molar-refractivity contribution in [3.8, 4) is 0 Å².